The van der Waals surface area contributed by atoms with E-state index >= 15 is 0 Å². The van der Waals surface area contributed by atoms with Gasteiger partial charge in [0.1, 0.15) is 11.5 Å². The van der Waals surface area contributed by atoms with Crippen LogP contribution in [0.1, 0.15) is 10.4 Å². The summed E-state index contributed by atoms with van der Waals surface area (Å²) in [5.74, 6) is -0.912. The monoisotopic (exact) mass is 466 g/mol. The maximum absolute atomic E-state index is 12.8. The topological polar surface area (TPSA) is 93.7 Å². The zero-order valence-corrected chi connectivity index (χ0v) is 17.3. The van der Waals surface area contributed by atoms with Crippen LogP contribution in [0.5, 0.6) is 11.5 Å². The Hall–Kier alpha value is -3.73. The molecule has 0 unspecified atom stereocenters. The molecule has 11 heteroatoms. The molecule has 0 saturated heterocycles. The first kappa shape index (κ1) is 22.9. The maximum Gasteiger partial charge on any atom is 0.573 e. The second kappa shape index (κ2) is 9.18. The number of sulfonamides is 1. The average molecular weight is 466 g/mol. The molecule has 0 aliphatic rings. The fraction of sp³-hybridized carbons (Fsp3) is 0.0952. The Labute approximate surface area is 181 Å². The van der Waals surface area contributed by atoms with Crippen LogP contribution in [-0.2, 0) is 10.0 Å². The molecule has 7 nitrogen and oxygen atoms in total. The van der Waals surface area contributed by atoms with E-state index in [0.29, 0.717) is 11.4 Å². The number of carbonyl (C=O) groups excluding carboxylic acids is 1. The van der Waals surface area contributed by atoms with Crippen molar-refractivity contribution in [3.8, 4) is 11.5 Å². The summed E-state index contributed by atoms with van der Waals surface area (Å²) in [5, 5.41) is 2.63. The van der Waals surface area contributed by atoms with E-state index in [0.717, 1.165) is 24.3 Å². The number of methoxy groups -OCH3 is 1. The predicted molar refractivity (Wildman–Crippen MR) is 111 cm³/mol. The highest BCUT2D eigenvalue weighted by Gasteiger charge is 2.31. The minimum atomic E-state index is -4.97. The molecule has 0 aliphatic heterocycles. The highest BCUT2D eigenvalue weighted by molar-refractivity contribution is 7.92. The van der Waals surface area contributed by atoms with Gasteiger partial charge in [0.2, 0.25) is 0 Å². The van der Waals surface area contributed by atoms with Gasteiger partial charge in [0.25, 0.3) is 15.9 Å². The van der Waals surface area contributed by atoms with Gasteiger partial charge in [-0.3, -0.25) is 9.52 Å². The van der Waals surface area contributed by atoms with E-state index in [-0.39, 0.29) is 11.3 Å². The maximum atomic E-state index is 12.8. The highest BCUT2D eigenvalue weighted by Crippen LogP contribution is 2.28. The Balaban J connectivity index is 1.87. The summed E-state index contributed by atoms with van der Waals surface area (Å²) in [6.45, 7) is 0. The Morgan fingerprint density at radius 2 is 1.56 bits per heavy atom. The van der Waals surface area contributed by atoms with E-state index in [1.165, 1.54) is 31.4 Å². The van der Waals surface area contributed by atoms with Gasteiger partial charge in [-0.1, -0.05) is 30.3 Å². The second-order valence-corrected chi connectivity index (χ2v) is 8.01. The van der Waals surface area contributed by atoms with Crippen molar-refractivity contribution in [3.05, 3.63) is 78.4 Å². The minimum absolute atomic E-state index is 0.00956. The molecular weight excluding hydrogens is 449 g/mol. The molecule has 168 valence electrons. The number of halogens is 3. The van der Waals surface area contributed by atoms with Gasteiger partial charge in [-0.15, -0.1) is 13.2 Å². The molecule has 1 amide bonds. The van der Waals surface area contributed by atoms with Gasteiger partial charge in [-0.2, -0.15) is 0 Å². The Kier molecular flexibility index (Phi) is 6.58. The highest BCUT2D eigenvalue weighted by atomic mass is 32.2. The molecule has 0 saturated carbocycles. The number of rotatable bonds is 7. The van der Waals surface area contributed by atoms with Gasteiger partial charge >= 0.3 is 6.36 Å². The second-order valence-electron chi connectivity index (χ2n) is 6.33. The third-order valence-corrected chi connectivity index (χ3v) is 5.48. The minimum Gasteiger partial charge on any atom is -0.495 e. The molecule has 2 N–H and O–H groups in total. The molecule has 0 fully saturated rings. The molecular formula is C21H17F3N2O5S. The summed E-state index contributed by atoms with van der Waals surface area (Å²) in [6, 6.07) is 16.3. The van der Waals surface area contributed by atoms with Gasteiger partial charge in [-0.05, 0) is 36.4 Å². The first-order valence-corrected chi connectivity index (χ1v) is 10.5. The number of nitrogens with one attached hydrogen (secondary N) is 2. The molecule has 0 heterocycles. The summed E-state index contributed by atoms with van der Waals surface area (Å²) in [6.07, 6.45) is -4.97. The lowest BCUT2D eigenvalue weighted by Crippen LogP contribution is -2.20. The fourth-order valence-corrected chi connectivity index (χ4v) is 3.86. The zero-order valence-electron chi connectivity index (χ0n) is 16.5. The number of para-hydroxylation sites is 3. The number of anilines is 2. The van der Waals surface area contributed by atoms with Crippen molar-refractivity contribution in [2.75, 3.05) is 17.1 Å². The van der Waals surface area contributed by atoms with Crippen molar-refractivity contribution in [2.45, 2.75) is 11.3 Å². The molecule has 0 aromatic heterocycles. The lowest BCUT2D eigenvalue weighted by molar-refractivity contribution is -0.274. The first-order chi connectivity index (χ1) is 15.1. The number of hydrogen-bond acceptors (Lipinski definition) is 5. The number of hydrogen-bond donors (Lipinski definition) is 2. The number of benzene rings is 3. The van der Waals surface area contributed by atoms with E-state index < -0.39 is 32.9 Å². The van der Waals surface area contributed by atoms with E-state index in [9.17, 15) is 26.4 Å². The van der Waals surface area contributed by atoms with Gasteiger partial charge < -0.3 is 14.8 Å². The molecule has 0 radical (unpaired) electrons. The van der Waals surface area contributed by atoms with Gasteiger partial charge in [0.15, 0.2) is 0 Å². The third kappa shape index (κ3) is 5.70. The lowest BCUT2D eigenvalue weighted by Gasteiger charge is -2.15. The van der Waals surface area contributed by atoms with E-state index in [4.69, 9.17) is 4.74 Å². The molecule has 0 spiro atoms. The van der Waals surface area contributed by atoms with Crippen molar-refractivity contribution in [1.82, 2.24) is 0 Å². The predicted octanol–water partition coefficient (Wildman–Crippen LogP) is 4.65. The van der Waals surface area contributed by atoms with E-state index in [1.54, 1.807) is 24.3 Å². The Bertz CT molecular complexity index is 1230. The Morgan fingerprint density at radius 1 is 0.906 bits per heavy atom. The molecule has 0 atom stereocenters. The largest absolute Gasteiger partial charge is 0.573 e. The summed E-state index contributed by atoms with van der Waals surface area (Å²) in [5.41, 5.74) is 0.293. The van der Waals surface area contributed by atoms with Crippen LogP contribution in [0, 0.1) is 0 Å². The standard InChI is InChI=1S/C21H17F3N2O5S/c1-30-19-12-5-4-11-18(19)25-20(27)16-9-2-3-10-17(16)26-32(28,29)15-8-6-7-14(13-15)31-21(22,23)24/h2-13,26H,1H3,(H,25,27). The number of carbonyl (C=O) groups is 1. The summed E-state index contributed by atoms with van der Waals surface area (Å²) >= 11 is 0. The third-order valence-electron chi connectivity index (χ3n) is 4.12. The molecule has 0 bridgehead atoms. The van der Waals surface area contributed by atoms with Crippen LogP contribution in [0.25, 0.3) is 0 Å². The van der Waals surface area contributed by atoms with Crippen LogP contribution in [0.2, 0.25) is 0 Å². The van der Waals surface area contributed by atoms with Crippen LogP contribution < -0.4 is 19.5 Å². The van der Waals surface area contributed by atoms with Gasteiger partial charge in [-0.25, -0.2) is 8.42 Å². The van der Waals surface area contributed by atoms with Crippen LogP contribution in [0.15, 0.2) is 77.7 Å². The molecule has 3 rings (SSSR count). The average Bonchev–Trinajstić information content (AvgIpc) is 2.73. The summed E-state index contributed by atoms with van der Waals surface area (Å²) in [4.78, 5) is 12.3. The smallest absolute Gasteiger partial charge is 0.495 e. The van der Waals surface area contributed by atoms with Gasteiger partial charge in [0, 0.05) is 6.07 Å². The van der Waals surface area contributed by atoms with Crippen molar-refractivity contribution in [1.29, 1.82) is 0 Å². The molecule has 3 aromatic carbocycles. The number of alkyl halides is 3. The van der Waals surface area contributed by atoms with Crippen LogP contribution >= 0.6 is 0 Å². The van der Waals surface area contributed by atoms with E-state index in [1.807, 2.05) is 0 Å². The molecule has 32 heavy (non-hydrogen) atoms. The SMILES string of the molecule is COc1ccccc1NC(=O)c1ccccc1NS(=O)(=O)c1cccc(OC(F)(F)F)c1. The fourth-order valence-electron chi connectivity index (χ4n) is 2.75. The van der Waals surface area contributed by atoms with Crippen LogP contribution in [0.4, 0.5) is 24.5 Å². The summed E-state index contributed by atoms with van der Waals surface area (Å²) < 4.78 is 74.0. The lowest BCUT2D eigenvalue weighted by atomic mass is 10.1. The quantitative estimate of drug-likeness (QED) is 0.529. The van der Waals surface area contributed by atoms with Crippen molar-refractivity contribution < 1.29 is 35.9 Å². The number of amides is 1. The van der Waals surface area contributed by atoms with Crippen LogP contribution in [0.3, 0.4) is 0 Å². The van der Waals surface area contributed by atoms with Crippen molar-refractivity contribution in [3.63, 3.8) is 0 Å². The van der Waals surface area contributed by atoms with Gasteiger partial charge in [0.05, 0.1) is 28.9 Å². The van der Waals surface area contributed by atoms with Crippen molar-refractivity contribution >= 4 is 27.3 Å². The zero-order chi connectivity index (χ0) is 23.4. The molecule has 3 aromatic rings. The normalized spacial score (nSPS) is 11.5. The number of ether oxygens (including phenoxy) is 2. The van der Waals surface area contributed by atoms with E-state index in [2.05, 4.69) is 14.8 Å². The first-order valence-electron chi connectivity index (χ1n) is 9.01. The van der Waals surface area contributed by atoms with Crippen molar-refractivity contribution in [2.24, 2.45) is 0 Å². The summed E-state index contributed by atoms with van der Waals surface area (Å²) in [7, 11) is -2.90. The Morgan fingerprint density at radius 3 is 2.25 bits per heavy atom. The van der Waals surface area contributed by atoms with Crippen LogP contribution in [-0.4, -0.2) is 27.8 Å². The molecule has 0 aliphatic carbocycles.